The van der Waals surface area contributed by atoms with Crippen molar-refractivity contribution in [2.75, 3.05) is 0 Å². The first kappa shape index (κ1) is 10.3. The van der Waals surface area contributed by atoms with Crippen LogP contribution in [0.1, 0.15) is 5.56 Å². The van der Waals surface area contributed by atoms with Crippen molar-refractivity contribution in [1.29, 1.82) is 5.26 Å². The van der Waals surface area contributed by atoms with Crippen LogP contribution in [-0.4, -0.2) is 10.1 Å². The minimum absolute atomic E-state index is 0.0443. The second kappa shape index (κ2) is 3.86. The zero-order valence-electron chi connectivity index (χ0n) is 9.18. The fraction of sp³-hybridized carbons (Fsp3) is 0. The maximum Gasteiger partial charge on any atom is 0.268 e. The maximum atomic E-state index is 11.4. The molecule has 5 heteroatoms. The Morgan fingerprint density at radius 2 is 2.06 bits per heavy atom. The summed E-state index contributed by atoms with van der Waals surface area (Å²) in [5.41, 5.74) is 1.33. The van der Waals surface area contributed by atoms with Crippen LogP contribution in [0.2, 0.25) is 0 Å². The number of hydrogen-bond acceptors (Lipinski definition) is 4. The van der Waals surface area contributed by atoms with E-state index in [1.165, 1.54) is 6.07 Å². The average Bonchev–Trinajstić information content (AvgIpc) is 2.81. The number of aromatic nitrogens is 2. The van der Waals surface area contributed by atoms with Crippen molar-refractivity contribution in [3.8, 4) is 17.3 Å². The predicted octanol–water partition coefficient (Wildman–Crippen LogP) is 2.05. The van der Waals surface area contributed by atoms with Gasteiger partial charge >= 0.3 is 0 Å². The SMILES string of the molecule is N#Cc1cc2c(-c3ccccc3)noc2[nH]c1=O. The van der Waals surface area contributed by atoms with Crippen molar-refractivity contribution in [2.45, 2.75) is 0 Å². The van der Waals surface area contributed by atoms with Gasteiger partial charge in [-0.3, -0.25) is 9.78 Å². The highest BCUT2D eigenvalue weighted by Crippen LogP contribution is 2.26. The number of aromatic amines is 1. The Morgan fingerprint density at radius 3 is 2.78 bits per heavy atom. The molecule has 2 heterocycles. The fourth-order valence-corrected chi connectivity index (χ4v) is 1.79. The number of pyridine rings is 1. The van der Waals surface area contributed by atoms with Gasteiger partial charge in [0.25, 0.3) is 5.56 Å². The molecule has 18 heavy (non-hydrogen) atoms. The number of rotatable bonds is 1. The molecule has 0 aliphatic carbocycles. The molecule has 2 aromatic heterocycles. The molecule has 0 aliphatic rings. The standard InChI is InChI=1S/C13H7N3O2/c14-7-9-6-10-11(8-4-2-1-3-5-8)16-18-13(10)15-12(9)17/h1-6H,(H,15,17). The zero-order valence-corrected chi connectivity index (χ0v) is 9.18. The van der Waals surface area contributed by atoms with E-state index in [0.29, 0.717) is 11.1 Å². The number of hydrogen-bond donors (Lipinski definition) is 1. The molecule has 5 nitrogen and oxygen atoms in total. The summed E-state index contributed by atoms with van der Waals surface area (Å²) < 4.78 is 5.07. The van der Waals surface area contributed by atoms with Crippen LogP contribution >= 0.6 is 0 Å². The van der Waals surface area contributed by atoms with E-state index in [1.807, 2.05) is 36.4 Å². The molecule has 0 atom stereocenters. The van der Waals surface area contributed by atoms with Crippen LogP contribution in [0, 0.1) is 11.3 Å². The van der Waals surface area contributed by atoms with E-state index in [-0.39, 0.29) is 11.3 Å². The highest BCUT2D eigenvalue weighted by Gasteiger charge is 2.13. The Kier molecular flexibility index (Phi) is 2.21. The lowest BCUT2D eigenvalue weighted by Crippen LogP contribution is -2.08. The maximum absolute atomic E-state index is 11.4. The number of nitrogens with zero attached hydrogens (tertiary/aromatic N) is 2. The van der Waals surface area contributed by atoms with Gasteiger partial charge in [-0.1, -0.05) is 35.5 Å². The Hall–Kier alpha value is -2.87. The number of nitriles is 1. The van der Waals surface area contributed by atoms with Gasteiger partial charge in [-0.15, -0.1) is 0 Å². The quantitative estimate of drug-likeness (QED) is 0.702. The molecule has 0 aliphatic heterocycles. The molecule has 0 saturated heterocycles. The largest absolute Gasteiger partial charge is 0.337 e. The highest BCUT2D eigenvalue weighted by atomic mass is 16.5. The Labute approximate surface area is 101 Å². The number of fused-ring (bicyclic) bond motifs is 1. The van der Waals surface area contributed by atoms with E-state index in [4.69, 9.17) is 9.78 Å². The van der Waals surface area contributed by atoms with Gasteiger partial charge in [-0.2, -0.15) is 5.26 Å². The summed E-state index contributed by atoms with van der Waals surface area (Å²) in [4.78, 5) is 13.9. The van der Waals surface area contributed by atoms with Crippen LogP contribution in [0.25, 0.3) is 22.4 Å². The van der Waals surface area contributed by atoms with Crippen molar-refractivity contribution in [1.82, 2.24) is 10.1 Å². The lowest BCUT2D eigenvalue weighted by Gasteiger charge is -1.95. The molecule has 0 radical (unpaired) electrons. The Balaban J connectivity index is 2.33. The van der Waals surface area contributed by atoms with Gasteiger partial charge in [0.15, 0.2) is 0 Å². The van der Waals surface area contributed by atoms with Crippen molar-refractivity contribution in [2.24, 2.45) is 0 Å². The van der Waals surface area contributed by atoms with Crippen LogP contribution in [0.3, 0.4) is 0 Å². The van der Waals surface area contributed by atoms with E-state index < -0.39 is 5.56 Å². The van der Waals surface area contributed by atoms with Gasteiger partial charge < -0.3 is 4.52 Å². The molecule has 0 bridgehead atoms. The van der Waals surface area contributed by atoms with Crippen LogP contribution in [0.5, 0.6) is 0 Å². The van der Waals surface area contributed by atoms with E-state index >= 15 is 0 Å². The first-order chi connectivity index (χ1) is 8.79. The van der Waals surface area contributed by atoms with Crippen LogP contribution in [-0.2, 0) is 0 Å². The number of benzene rings is 1. The minimum Gasteiger partial charge on any atom is -0.337 e. The van der Waals surface area contributed by atoms with Crippen molar-refractivity contribution in [3.05, 3.63) is 52.3 Å². The molecule has 0 spiro atoms. The molecule has 3 rings (SSSR count). The average molecular weight is 237 g/mol. The lowest BCUT2D eigenvalue weighted by molar-refractivity contribution is 0.451. The van der Waals surface area contributed by atoms with E-state index in [1.54, 1.807) is 0 Å². The van der Waals surface area contributed by atoms with Crippen molar-refractivity contribution in [3.63, 3.8) is 0 Å². The summed E-state index contributed by atoms with van der Waals surface area (Å²) in [6, 6.07) is 12.8. The third-order valence-electron chi connectivity index (χ3n) is 2.66. The van der Waals surface area contributed by atoms with Gasteiger partial charge in [0.2, 0.25) is 5.71 Å². The normalized spacial score (nSPS) is 10.4. The highest BCUT2D eigenvalue weighted by molar-refractivity contribution is 5.89. The predicted molar refractivity (Wildman–Crippen MR) is 64.8 cm³/mol. The van der Waals surface area contributed by atoms with Crippen LogP contribution in [0.15, 0.2) is 45.7 Å². The smallest absolute Gasteiger partial charge is 0.268 e. The van der Waals surface area contributed by atoms with Crippen LogP contribution < -0.4 is 5.56 Å². The lowest BCUT2D eigenvalue weighted by atomic mass is 10.1. The number of H-pyrrole nitrogens is 1. The molecule has 0 unspecified atom stereocenters. The third-order valence-corrected chi connectivity index (χ3v) is 2.66. The molecule has 1 aromatic carbocycles. The van der Waals surface area contributed by atoms with E-state index in [0.717, 1.165) is 5.56 Å². The van der Waals surface area contributed by atoms with Gasteiger partial charge in [0.1, 0.15) is 17.3 Å². The fourth-order valence-electron chi connectivity index (χ4n) is 1.79. The zero-order chi connectivity index (χ0) is 12.5. The summed E-state index contributed by atoms with van der Waals surface area (Å²) in [6.07, 6.45) is 0. The minimum atomic E-state index is -0.472. The van der Waals surface area contributed by atoms with Gasteiger partial charge in [0, 0.05) is 5.56 Å². The molecule has 3 aromatic rings. The summed E-state index contributed by atoms with van der Waals surface area (Å²) >= 11 is 0. The van der Waals surface area contributed by atoms with Crippen LogP contribution in [0.4, 0.5) is 0 Å². The Bertz CT molecular complexity index is 810. The molecular formula is C13H7N3O2. The summed E-state index contributed by atoms with van der Waals surface area (Å²) in [7, 11) is 0. The van der Waals surface area contributed by atoms with Gasteiger partial charge in [-0.25, -0.2) is 0 Å². The molecule has 0 saturated carbocycles. The van der Waals surface area contributed by atoms with E-state index in [9.17, 15) is 4.79 Å². The summed E-state index contributed by atoms with van der Waals surface area (Å²) in [5.74, 6) is 0. The molecule has 86 valence electrons. The summed E-state index contributed by atoms with van der Waals surface area (Å²) in [6.45, 7) is 0. The third kappa shape index (κ3) is 1.48. The van der Waals surface area contributed by atoms with Gasteiger partial charge in [0.05, 0.1) is 5.39 Å². The molecule has 0 amide bonds. The van der Waals surface area contributed by atoms with Gasteiger partial charge in [-0.05, 0) is 6.07 Å². The molecular weight excluding hydrogens is 230 g/mol. The Morgan fingerprint density at radius 1 is 1.28 bits per heavy atom. The second-order valence-electron chi connectivity index (χ2n) is 3.76. The first-order valence-corrected chi connectivity index (χ1v) is 5.28. The summed E-state index contributed by atoms with van der Waals surface area (Å²) in [5, 5.41) is 13.4. The monoisotopic (exact) mass is 237 g/mol. The molecule has 0 fully saturated rings. The van der Waals surface area contributed by atoms with Crippen molar-refractivity contribution < 1.29 is 4.52 Å². The first-order valence-electron chi connectivity index (χ1n) is 5.28. The molecule has 1 N–H and O–H groups in total. The topological polar surface area (TPSA) is 82.7 Å². The van der Waals surface area contributed by atoms with Crippen molar-refractivity contribution >= 4 is 11.1 Å². The second-order valence-corrected chi connectivity index (χ2v) is 3.76. The number of nitrogens with one attached hydrogen (secondary N) is 1. The van der Waals surface area contributed by atoms with E-state index in [2.05, 4.69) is 10.1 Å².